The first-order valence-corrected chi connectivity index (χ1v) is 4.10. The number of carbonyl (C=O) groups is 2. The van der Waals surface area contributed by atoms with Gasteiger partial charge in [0.1, 0.15) is 6.04 Å². The van der Waals surface area contributed by atoms with Gasteiger partial charge >= 0.3 is 5.97 Å². The predicted octanol–water partition coefficient (Wildman–Crippen LogP) is 0.371. The molecule has 0 aromatic rings. The Hall–Kier alpha value is -1.75. The molecular weight excluding hydrogens is 188 g/mol. The van der Waals surface area contributed by atoms with Gasteiger partial charge in [-0.2, -0.15) is 0 Å². The normalized spacial score (nSPS) is 25.6. The van der Waals surface area contributed by atoms with E-state index in [1.807, 2.05) is 0 Å². The van der Waals surface area contributed by atoms with Gasteiger partial charge in [-0.1, -0.05) is 5.11 Å². The number of rotatable bonds is 2. The van der Waals surface area contributed by atoms with Crippen molar-refractivity contribution in [2.75, 3.05) is 6.54 Å². The second-order valence-corrected chi connectivity index (χ2v) is 3.12. The average molecular weight is 198 g/mol. The molecule has 7 nitrogen and oxygen atoms in total. The fourth-order valence-corrected chi connectivity index (χ4v) is 1.55. The Kier molecular flexibility index (Phi) is 2.93. The molecular formula is C7H10N4O3. The molecule has 1 aliphatic rings. The Bertz CT molecular complexity index is 288. The number of carbonyl (C=O) groups excluding carboxylic acids is 1. The van der Waals surface area contributed by atoms with Crippen LogP contribution in [0.2, 0.25) is 0 Å². The monoisotopic (exact) mass is 198 g/mol. The van der Waals surface area contributed by atoms with Crippen molar-refractivity contribution < 1.29 is 14.7 Å². The molecule has 0 saturated carbocycles. The van der Waals surface area contributed by atoms with E-state index < -0.39 is 18.1 Å². The van der Waals surface area contributed by atoms with E-state index in [4.69, 9.17) is 10.6 Å². The van der Waals surface area contributed by atoms with E-state index in [-0.39, 0.29) is 18.9 Å². The minimum absolute atomic E-state index is 0.191. The second kappa shape index (κ2) is 3.97. The van der Waals surface area contributed by atoms with Crippen molar-refractivity contribution >= 4 is 11.9 Å². The number of likely N-dealkylation sites (tertiary alicyclic amines) is 1. The van der Waals surface area contributed by atoms with Gasteiger partial charge in [0.05, 0.1) is 6.04 Å². The van der Waals surface area contributed by atoms with E-state index in [0.717, 1.165) is 0 Å². The van der Waals surface area contributed by atoms with E-state index >= 15 is 0 Å². The minimum Gasteiger partial charge on any atom is -0.480 e. The summed E-state index contributed by atoms with van der Waals surface area (Å²) in [7, 11) is 0. The number of azide groups is 1. The summed E-state index contributed by atoms with van der Waals surface area (Å²) in [5, 5.41) is 12.2. The highest BCUT2D eigenvalue weighted by molar-refractivity contribution is 5.83. The third-order valence-electron chi connectivity index (χ3n) is 2.18. The first-order valence-electron chi connectivity index (χ1n) is 4.10. The van der Waals surface area contributed by atoms with E-state index in [9.17, 15) is 9.59 Å². The van der Waals surface area contributed by atoms with Crippen LogP contribution in [0.15, 0.2) is 5.11 Å². The van der Waals surface area contributed by atoms with Crippen LogP contribution in [0.1, 0.15) is 13.3 Å². The fourth-order valence-electron chi connectivity index (χ4n) is 1.55. The lowest BCUT2D eigenvalue weighted by Gasteiger charge is -2.18. The van der Waals surface area contributed by atoms with Crippen LogP contribution in [0.3, 0.4) is 0 Å². The Morgan fingerprint density at radius 3 is 2.64 bits per heavy atom. The van der Waals surface area contributed by atoms with Crippen LogP contribution in [0, 0.1) is 0 Å². The molecule has 76 valence electrons. The molecule has 0 unspecified atom stereocenters. The smallest absolute Gasteiger partial charge is 0.326 e. The van der Waals surface area contributed by atoms with Crippen molar-refractivity contribution in [1.29, 1.82) is 0 Å². The molecule has 1 aliphatic heterocycles. The predicted molar refractivity (Wildman–Crippen MR) is 46.4 cm³/mol. The summed E-state index contributed by atoms with van der Waals surface area (Å²) in [6, 6.07) is -1.28. The van der Waals surface area contributed by atoms with Crippen LogP contribution in [-0.2, 0) is 9.59 Å². The lowest BCUT2D eigenvalue weighted by molar-refractivity contribution is -0.147. The van der Waals surface area contributed by atoms with Gasteiger partial charge in [-0.25, -0.2) is 4.79 Å². The summed E-state index contributed by atoms with van der Waals surface area (Å²) in [4.78, 5) is 25.6. The summed E-state index contributed by atoms with van der Waals surface area (Å²) in [6.07, 6.45) is 0.193. The number of aliphatic carboxylic acids is 1. The molecule has 0 bridgehead atoms. The molecule has 1 N–H and O–H groups in total. The molecule has 0 radical (unpaired) electrons. The summed E-state index contributed by atoms with van der Waals surface area (Å²) >= 11 is 0. The molecule has 1 heterocycles. The maximum Gasteiger partial charge on any atom is 0.326 e. The zero-order chi connectivity index (χ0) is 10.7. The standard InChI is InChI=1S/C7H10N4O3/c1-4(12)11-3-5(9-10-8)2-6(11)7(13)14/h5-6H,2-3H2,1H3,(H,13,14)/t5-,6-/m0/s1. The fraction of sp³-hybridized carbons (Fsp3) is 0.714. The van der Waals surface area contributed by atoms with Gasteiger partial charge in [0.2, 0.25) is 5.91 Å². The Balaban J connectivity index is 2.79. The van der Waals surface area contributed by atoms with Crippen LogP contribution in [0.4, 0.5) is 0 Å². The van der Waals surface area contributed by atoms with E-state index in [1.54, 1.807) is 0 Å². The van der Waals surface area contributed by atoms with Gasteiger partial charge in [-0.15, -0.1) is 0 Å². The van der Waals surface area contributed by atoms with Crippen LogP contribution in [0.25, 0.3) is 10.4 Å². The first-order chi connectivity index (χ1) is 6.56. The molecule has 0 aliphatic carbocycles. The number of amides is 1. The Morgan fingerprint density at radius 2 is 2.29 bits per heavy atom. The van der Waals surface area contributed by atoms with E-state index in [0.29, 0.717) is 0 Å². The number of hydrogen-bond acceptors (Lipinski definition) is 3. The van der Waals surface area contributed by atoms with Crippen LogP contribution in [0.5, 0.6) is 0 Å². The van der Waals surface area contributed by atoms with Crippen LogP contribution in [-0.4, -0.2) is 40.5 Å². The molecule has 2 atom stereocenters. The lowest BCUT2D eigenvalue weighted by Crippen LogP contribution is -2.39. The molecule has 0 aromatic heterocycles. The first kappa shape index (κ1) is 10.3. The molecule has 7 heteroatoms. The van der Waals surface area contributed by atoms with E-state index in [1.165, 1.54) is 11.8 Å². The van der Waals surface area contributed by atoms with Gasteiger partial charge in [-0.05, 0) is 12.0 Å². The number of carboxylic acid groups (broad SMARTS) is 1. The Morgan fingerprint density at radius 1 is 1.64 bits per heavy atom. The summed E-state index contributed by atoms with van der Waals surface area (Å²) in [5.41, 5.74) is 8.18. The SMILES string of the molecule is CC(=O)N1C[C@@H](N=[N+]=[N-])C[C@H]1C(=O)O. The van der Waals surface area contributed by atoms with Crippen LogP contribution < -0.4 is 0 Å². The quantitative estimate of drug-likeness (QED) is 0.393. The third kappa shape index (κ3) is 1.94. The maximum absolute atomic E-state index is 11.0. The molecule has 0 aromatic carbocycles. The zero-order valence-electron chi connectivity index (χ0n) is 7.62. The van der Waals surface area contributed by atoms with Gasteiger partial charge in [0.15, 0.2) is 0 Å². The van der Waals surface area contributed by atoms with Crippen molar-refractivity contribution in [3.05, 3.63) is 10.4 Å². The van der Waals surface area contributed by atoms with Gasteiger partial charge < -0.3 is 10.0 Å². The largest absolute Gasteiger partial charge is 0.480 e. The molecule has 1 fully saturated rings. The van der Waals surface area contributed by atoms with Gasteiger partial charge in [0, 0.05) is 18.4 Å². The molecule has 0 spiro atoms. The van der Waals surface area contributed by atoms with E-state index in [2.05, 4.69) is 10.0 Å². The zero-order valence-corrected chi connectivity index (χ0v) is 7.62. The summed E-state index contributed by atoms with van der Waals surface area (Å²) < 4.78 is 0. The van der Waals surface area contributed by atoms with Crippen molar-refractivity contribution in [3.63, 3.8) is 0 Å². The maximum atomic E-state index is 11.0. The highest BCUT2D eigenvalue weighted by Crippen LogP contribution is 2.20. The molecule has 1 amide bonds. The summed E-state index contributed by atoms with van der Waals surface area (Å²) in [6.45, 7) is 1.49. The minimum atomic E-state index is -1.06. The summed E-state index contributed by atoms with van der Waals surface area (Å²) in [5.74, 6) is -1.37. The van der Waals surface area contributed by atoms with Gasteiger partial charge in [0.25, 0.3) is 0 Å². The highest BCUT2D eigenvalue weighted by atomic mass is 16.4. The average Bonchev–Trinajstić information content (AvgIpc) is 2.49. The van der Waals surface area contributed by atoms with Crippen molar-refractivity contribution in [1.82, 2.24) is 4.90 Å². The third-order valence-corrected chi connectivity index (χ3v) is 2.18. The van der Waals surface area contributed by atoms with Gasteiger partial charge in [-0.3, -0.25) is 4.79 Å². The topological polar surface area (TPSA) is 106 Å². The number of hydrogen-bond donors (Lipinski definition) is 1. The van der Waals surface area contributed by atoms with Crippen LogP contribution >= 0.6 is 0 Å². The molecule has 1 rings (SSSR count). The number of nitrogens with zero attached hydrogens (tertiary/aromatic N) is 4. The number of carboxylic acids is 1. The van der Waals surface area contributed by atoms with Crippen molar-refractivity contribution in [2.45, 2.75) is 25.4 Å². The van der Waals surface area contributed by atoms with Crippen molar-refractivity contribution in [3.8, 4) is 0 Å². The highest BCUT2D eigenvalue weighted by Gasteiger charge is 2.37. The second-order valence-electron chi connectivity index (χ2n) is 3.12. The lowest BCUT2D eigenvalue weighted by atomic mass is 10.2. The molecule has 1 saturated heterocycles. The molecule has 14 heavy (non-hydrogen) atoms. The Labute approximate surface area is 79.9 Å². The van der Waals surface area contributed by atoms with Crippen molar-refractivity contribution in [2.24, 2.45) is 5.11 Å².